The first-order valence-corrected chi connectivity index (χ1v) is 4.93. The van der Waals surface area contributed by atoms with Crippen molar-refractivity contribution < 1.29 is 0 Å². The van der Waals surface area contributed by atoms with E-state index in [-0.39, 0.29) is 6.04 Å². The zero-order valence-corrected chi connectivity index (χ0v) is 8.75. The van der Waals surface area contributed by atoms with Gasteiger partial charge >= 0.3 is 0 Å². The van der Waals surface area contributed by atoms with Gasteiger partial charge in [0, 0.05) is 13.1 Å². The number of nitrogens with zero attached hydrogens (tertiary/aromatic N) is 2. The van der Waals surface area contributed by atoms with E-state index in [0.717, 1.165) is 17.8 Å². The summed E-state index contributed by atoms with van der Waals surface area (Å²) in [4.78, 5) is 0. The Labute approximate surface area is 79.9 Å². The first kappa shape index (κ1) is 10.3. The van der Waals surface area contributed by atoms with E-state index in [1.54, 1.807) is 0 Å². The van der Waals surface area contributed by atoms with Crippen molar-refractivity contribution in [2.24, 2.45) is 12.8 Å². The molecule has 1 atom stereocenters. The van der Waals surface area contributed by atoms with Crippen molar-refractivity contribution in [3.63, 3.8) is 0 Å². The molecule has 0 spiro atoms. The van der Waals surface area contributed by atoms with E-state index in [1.165, 1.54) is 12.8 Å². The van der Waals surface area contributed by atoms with Crippen molar-refractivity contribution >= 4 is 0 Å². The minimum absolute atomic E-state index is 0.0767. The number of hydrogen-bond acceptors (Lipinski definition) is 2. The smallest absolute Gasteiger partial charge is 0.0628 e. The number of rotatable bonds is 4. The van der Waals surface area contributed by atoms with E-state index in [1.807, 2.05) is 18.7 Å². The predicted molar refractivity (Wildman–Crippen MR) is 54.4 cm³/mol. The molecule has 1 heterocycles. The fourth-order valence-corrected chi connectivity index (χ4v) is 1.45. The molecular weight excluding hydrogens is 162 g/mol. The van der Waals surface area contributed by atoms with Gasteiger partial charge in [-0.25, -0.2) is 0 Å². The second-order valence-corrected chi connectivity index (χ2v) is 3.58. The van der Waals surface area contributed by atoms with E-state index in [9.17, 15) is 0 Å². The van der Waals surface area contributed by atoms with E-state index in [0.29, 0.717) is 0 Å². The summed E-state index contributed by atoms with van der Waals surface area (Å²) >= 11 is 0. The summed E-state index contributed by atoms with van der Waals surface area (Å²) in [6.45, 7) is 4.18. The van der Waals surface area contributed by atoms with Crippen LogP contribution in [0, 0.1) is 0 Å². The Morgan fingerprint density at radius 1 is 1.62 bits per heavy atom. The van der Waals surface area contributed by atoms with Gasteiger partial charge in [0.25, 0.3) is 0 Å². The minimum atomic E-state index is 0.0767. The lowest BCUT2D eigenvalue weighted by Crippen LogP contribution is -2.10. The molecule has 13 heavy (non-hydrogen) atoms. The van der Waals surface area contributed by atoms with Gasteiger partial charge in [-0.15, -0.1) is 0 Å². The number of aromatic nitrogens is 2. The number of hydrogen-bond donors (Lipinski definition) is 1. The van der Waals surface area contributed by atoms with Crippen molar-refractivity contribution in [1.29, 1.82) is 0 Å². The molecule has 0 amide bonds. The van der Waals surface area contributed by atoms with Gasteiger partial charge in [-0.2, -0.15) is 5.10 Å². The van der Waals surface area contributed by atoms with Gasteiger partial charge in [0.05, 0.1) is 11.4 Å². The first-order valence-electron chi connectivity index (χ1n) is 4.93. The Kier molecular flexibility index (Phi) is 3.48. The van der Waals surface area contributed by atoms with E-state index in [4.69, 9.17) is 5.73 Å². The van der Waals surface area contributed by atoms with Crippen LogP contribution in [-0.2, 0) is 13.5 Å². The van der Waals surface area contributed by atoms with Gasteiger partial charge in [0.2, 0.25) is 0 Å². The molecule has 2 N–H and O–H groups in total. The van der Waals surface area contributed by atoms with Crippen LogP contribution in [0.3, 0.4) is 0 Å². The summed E-state index contributed by atoms with van der Waals surface area (Å²) in [6.07, 6.45) is 3.48. The Morgan fingerprint density at radius 2 is 2.31 bits per heavy atom. The highest BCUT2D eigenvalue weighted by Crippen LogP contribution is 2.12. The summed E-state index contributed by atoms with van der Waals surface area (Å²) in [6, 6.07) is 2.19. The van der Waals surface area contributed by atoms with Gasteiger partial charge < -0.3 is 5.73 Å². The molecule has 0 radical (unpaired) electrons. The molecular formula is C10H19N3. The molecule has 0 saturated heterocycles. The molecule has 0 aliphatic rings. The molecule has 1 aromatic rings. The predicted octanol–water partition coefficient (Wildman–Crippen LogP) is 1.78. The Morgan fingerprint density at radius 3 is 2.77 bits per heavy atom. The van der Waals surface area contributed by atoms with Crippen LogP contribution in [0.2, 0.25) is 0 Å². The zero-order chi connectivity index (χ0) is 9.84. The lowest BCUT2D eigenvalue weighted by molar-refractivity contribution is 0.644. The van der Waals surface area contributed by atoms with Crippen molar-refractivity contribution in [2.45, 2.75) is 39.2 Å². The molecule has 0 unspecified atom stereocenters. The average molecular weight is 181 g/mol. The summed E-state index contributed by atoms with van der Waals surface area (Å²) in [7, 11) is 1.95. The Balaban J connectivity index is 2.71. The van der Waals surface area contributed by atoms with Gasteiger partial charge in [0.1, 0.15) is 0 Å². The van der Waals surface area contributed by atoms with Crippen LogP contribution in [0.4, 0.5) is 0 Å². The van der Waals surface area contributed by atoms with Gasteiger partial charge in [-0.3, -0.25) is 4.68 Å². The van der Waals surface area contributed by atoms with Crippen LogP contribution in [0.5, 0.6) is 0 Å². The number of aryl methyl sites for hydroxylation is 2. The maximum absolute atomic E-state index is 5.80. The fourth-order valence-electron chi connectivity index (χ4n) is 1.45. The Hall–Kier alpha value is -0.830. The monoisotopic (exact) mass is 181 g/mol. The summed E-state index contributed by atoms with van der Waals surface area (Å²) in [5, 5.41) is 4.41. The van der Waals surface area contributed by atoms with Crippen LogP contribution >= 0.6 is 0 Å². The maximum atomic E-state index is 5.80. The van der Waals surface area contributed by atoms with Crippen molar-refractivity contribution in [3.8, 4) is 0 Å². The standard InChI is InChI=1S/C10H19N3/c1-4-5-6-9-7-10(8(2)11)13(3)12-9/h7-8H,4-6,11H2,1-3H3/t8-/m0/s1. The van der Waals surface area contributed by atoms with Gasteiger partial charge in [-0.05, 0) is 25.8 Å². The van der Waals surface area contributed by atoms with Crippen LogP contribution in [0.25, 0.3) is 0 Å². The van der Waals surface area contributed by atoms with Crippen molar-refractivity contribution in [2.75, 3.05) is 0 Å². The third-order valence-corrected chi connectivity index (χ3v) is 2.22. The topological polar surface area (TPSA) is 43.8 Å². The molecule has 0 aliphatic carbocycles. The quantitative estimate of drug-likeness (QED) is 0.769. The van der Waals surface area contributed by atoms with E-state index in [2.05, 4.69) is 18.1 Å². The fraction of sp³-hybridized carbons (Fsp3) is 0.700. The minimum Gasteiger partial charge on any atom is -0.323 e. The highest BCUT2D eigenvalue weighted by Gasteiger charge is 2.07. The first-order chi connectivity index (χ1) is 6.15. The molecule has 1 rings (SSSR count). The van der Waals surface area contributed by atoms with Crippen LogP contribution in [0.1, 0.15) is 44.1 Å². The van der Waals surface area contributed by atoms with Crippen molar-refractivity contribution in [1.82, 2.24) is 9.78 Å². The third-order valence-electron chi connectivity index (χ3n) is 2.22. The normalized spacial score (nSPS) is 13.2. The molecule has 0 aliphatic heterocycles. The third kappa shape index (κ3) is 2.56. The molecule has 0 bridgehead atoms. The van der Waals surface area contributed by atoms with E-state index >= 15 is 0 Å². The second-order valence-electron chi connectivity index (χ2n) is 3.58. The van der Waals surface area contributed by atoms with E-state index < -0.39 is 0 Å². The van der Waals surface area contributed by atoms with Crippen molar-refractivity contribution in [3.05, 3.63) is 17.5 Å². The molecule has 0 saturated carbocycles. The average Bonchev–Trinajstić information content (AvgIpc) is 2.43. The van der Waals surface area contributed by atoms with Gasteiger partial charge in [-0.1, -0.05) is 13.3 Å². The largest absolute Gasteiger partial charge is 0.323 e. The SMILES string of the molecule is CCCCc1cc([C@H](C)N)n(C)n1. The van der Waals surface area contributed by atoms with Crippen LogP contribution < -0.4 is 5.73 Å². The molecule has 0 aromatic carbocycles. The van der Waals surface area contributed by atoms with Crippen LogP contribution in [-0.4, -0.2) is 9.78 Å². The Bertz CT molecular complexity index is 263. The summed E-state index contributed by atoms with van der Waals surface area (Å²) in [5.41, 5.74) is 8.08. The highest BCUT2D eigenvalue weighted by atomic mass is 15.3. The molecule has 74 valence electrons. The number of unbranched alkanes of at least 4 members (excludes halogenated alkanes) is 1. The summed E-state index contributed by atoms with van der Waals surface area (Å²) in [5.74, 6) is 0. The molecule has 3 nitrogen and oxygen atoms in total. The summed E-state index contributed by atoms with van der Waals surface area (Å²) < 4.78 is 1.88. The lowest BCUT2D eigenvalue weighted by atomic mass is 10.2. The molecule has 1 aromatic heterocycles. The van der Waals surface area contributed by atoms with Crippen LogP contribution in [0.15, 0.2) is 6.07 Å². The molecule has 0 fully saturated rings. The molecule has 3 heteroatoms. The maximum Gasteiger partial charge on any atom is 0.0628 e. The lowest BCUT2D eigenvalue weighted by Gasteiger charge is -2.03. The number of nitrogens with two attached hydrogens (primary N) is 1. The highest BCUT2D eigenvalue weighted by molar-refractivity contribution is 5.13. The van der Waals surface area contributed by atoms with Gasteiger partial charge in [0.15, 0.2) is 0 Å². The second kappa shape index (κ2) is 4.42. The zero-order valence-electron chi connectivity index (χ0n) is 8.75.